The highest BCUT2D eigenvalue weighted by molar-refractivity contribution is 7.26. The average molecular weight is 184 g/mol. The van der Waals surface area contributed by atoms with Crippen LogP contribution < -0.4 is 0 Å². The maximum atomic E-state index is 4.01. The van der Waals surface area contributed by atoms with Crippen LogP contribution in [0.15, 0.2) is 6.20 Å². The quantitative estimate of drug-likeness (QED) is 0.673. The summed E-state index contributed by atoms with van der Waals surface area (Å²) in [5, 5.41) is 4.31. The Morgan fingerprint density at radius 2 is 2.17 bits per heavy atom. The largest absolute Gasteiger partial charge is 0.281 e. The highest BCUT2D eigenvalue weighted by Crippen LogP contribution is 2.13. The molecule has 0 aromatic carbocycles. The number of hydrogen-bond donors (Lipinski definition) is 1. The lowest BCUT2D eigenvalue weighted by atomic mass is 10.1. The molecule has 0 saturated heterocycles. The summed E-state index contributed by atoms with van der Waals surface area (Å²) in [6, 6.07) is 0. The Labute approximate surface area is 75.9 Å². The summed E-state index contributed by atoms with van der Waals surface area (Å²) < 4.78 is 0. The molecule has 1 N–H and O–H groups in total. The van der Waals surface area contributed by atoms with Crippen molar-refractivity contribution in [2.45, 2.75) is 45.4 Å². The first-order valence-electron chi connectivity index (χ1n) is 4.79. The van der Waals surface area contributed by atoms with Gasteiger partial charge in [0.1, 0.15) is 0 Å². The molecule has 0 aliphatic carbocycles. The molecule has 0 atom stereocenters. The number of rotatable bonds is 6. The number of H-pyrrole nitrogens is 1. The second kappa shape index (κ2) is 6.19. The molecule has 0 saturated carbocycles. The third-order valence-corrected chi connectivity index (χ3v) is 2.83. The van der Waals surface area contributed by atoms with Gasteiger partial charge in [0.05, 0.1) is 8.35 Å². The van der Waals surface area contributed by atoms with Gasteiger partial charge >= 0.3 is 0 Å². The number of hydrogen-bond acceptors (Lipinski definition) is 1. The maximum absolute atomic E-state index is 4.01. The van der Waals surface area contributed by atoms with Crippen molar-refractivity contribution >= 4 is 8.35 Å². The molecule has 12 heavy (non-hydrogen) atoms. The number of nitrogens with zero attached hydrogens (tertiary/aromatic N) is 1. The van der Waals surface area contributed by atoms with E-state index in [0.717, 1.165) is 8.35 Å². The van der Waals surface area contributed by atoms with Gasteiger partial charge in [-0.3, -0.25) is 5.10 Å². The molecule has 2 nitrogen and oxygen atoms in total. The van der Waals surface area contributed by atoms with Crippen LogP contribution in [0, 0.1) is 0 Å². The number of aryl methyl sites for hydroxylation is 1. The Hall–Kier alpha value is -0.360. The van der Waals surface area contributed by atoms with E-state index in [1.54, 1.807) is 0 Å². The zero-order chi connectivity index (χ0) is 8.65. The Bertz CT molecular complexity index is 184. The van der Waals surface area contributed by atoms with E-state index in [4.69, 9.17) is 0 Å². The van der Waals surface area contributed by atoms with E-state index in [1.165, 1.54) is 43.8 Å². The molecular formula is C9H17N2P. The monoisotopic (exact) mass is 184 g/mol. The third kappa shape index (κ3) is 3.87. The van der Waals surface area contributed by atoms with Crippen LogP contribution in [0.1, 0.15) is 44.3 Å². The first-order valence-corrected chi connectivity index (χ1v) is 5.63. The molecular weight excluding hydrogens is 167 g/mol. The predicted molar refractivity (Wildman–Crippen MR) is 53.6 cm³/mol. The van der Waals surface area contributed by atoms with Gasteiger partial charge in [0.25, 0.3) is 0 Å². The van der Waals surface area contributed by atoms with E-state index in [1.807, 2.05) is 6.20 Å². The van der Waals surface area contributed by atoms with Crippen molar-refractivity contribution in [2.75, 3.05) is 0 Å². The Morgan fingerprint density at radius 1 is 1.33 bits per heavy atom. The molecule has 1 aromatic rings. The van der Waals surface area contributed by atoms with E-state index in [9.17, 15) is 0 Å². The summed E-state index contributed by atoms with van der Waals surface area (Å²) in [5.74, 6) is 0. The van der Waals surface area contributed by atoms with Crippen molar-refractivity contribution < 1.29 is 0 Å². The normalized spacial score (nSPS) is 11.1. The minimum absolute atomic E-state index is 1.13. The number of aromatic nitrogens is 2. The van der Waals surface area contributed by atoms with Gasteiger partial charge in [-0.2, -0.15) is 4.86 Å². The van der Waals surface area contributed by atoms with E-state index < -0.39 is 0 Å². The Morgan fingerprint density at radius 3 is 2.83 bits per heavy atom. The van der Waals surface area contributed by atoms with Crippen molar-refractivity contribution in [1.29, 1.82) is 0 Å². The van der Waals surface area contributed by atoms with Gasteiger partial charge in [-0.1, -0.05) is 32.6 Å². The second-order valence-corrected chi connectivity index (χ2v) is 4.10. The second-order valence-electron chi connectivity index (χ2n) is 3.13. The smallest absolute Gasteiger partial charge is 0.0657 e. The van der Waals surface area contributed by atoms with Gasteiger partial charge in [0, 0.05) is 11.5 Å². The van der Waals surface area contributed by atoms with Crippen molar-refractivity contribution in [3.8, 4) is 0 Å². The van der Waals surface area contributed by atoms with E-state index in [0.29, 0.717) is 0 Å². The lowest BCUT2D eigenvalue weighted by Gasteiger charge is -1.96. The van der Waals surface area contributed by atoms with Gasteiger partial charge in [-0.05, 0) is 12.8 Å². The summed E-state index contributed by atoms with van der Waals surface area (Å²) >= 11 is 0. The molecule has 68 valence electrons. The zero-order valence-corrected chi connectivity index (χ0v) is 8.61. The lowest BCUT2D eigenvalue weighted by molar-refractivity contribution is 0.634. The van der Waals surface area contributed by atoms with Crippen LogP contribution in [-0.4, -0.2) is 9.96 Å². The van der Waals surface area contributed by atoms with Gasteiger partial charge in [-0.25, -0.2) is 0 Å². The summed E-state index contributed by atoms with van der Waals surface area (Å²) in [4.78, 5) is 4.01. The number of unbranched alkanes of at least 4 members (excludes halogenated alkanes) is 4. The molecule has 1 heterocycles. The molecule has 0 radical (unpaired) electrons. The van der Waals surface area contributed by atoms with Gasteiger partial charge < -0.3 is 0 Å². The van der Waals surface area contributed by atoms with Gasteiger partial charge in [0.15, 0.2) is 0 Å². The van der Waals surface area contributed by atoms with Crippen LogP contribution in [0.5, 0.6) is 0 Å². The molecule has 1 aromatic heterocycles. The SMILES string of the molecule is CCCCCCCc1c[nH]np1. The van der Waals surface area contributed by atoms with E-state index >= 15 is 0 Å². The summed E-state index contributed by atoms with van der Waals surface area (Å²) in [6.07, 6.45) is 10.1. The number of aromatic amines is 1. The fraction of sp³-hybridized carbons (Fsp3) is 0.778. The van der Waals surface area contributed by atoms with Gasteiger partial charge in [0.2, 0.25) is 0 Å². The van der Waals surface area contributed by atoms with Gasteiger partial charge in [-0.15, -0.1) is 0 Å². The average Bonchev–Trinajstić information content (AvgIpc) is 2.57. The van der Waals surface area contributed by atoms with Crippen LogP contribution in [-0.2, 0) is 6.42 Å². The minimum Gasteiger partial charge on any atom is -0.281 e. The minimum atomic E-state index is 1.13. The molecule has 0 amide bonds. The first kappa shape index (κ1) is 9.73. The molecule has 1 rings (SSSR count). The molecule has 0 spiro atoms. The van der Waals surface area contributed by atoms with E-state index in [-0.39, 0.29) is 0 Å². The predicted octanol–water partition coefficient (Wildman–Crippen LogP) is 3.50. The Kier molecular flexibility index (Phi) is 5.02. The van der Waals surface area contributed by atoms with Crippen molar-refractivity contribution in [3.05, 3.63) is 11.5 Å². The molecule has 3 heteroatoms. The standard InChI is InChI=1S/C9H17N2P/c1-2-3-4-5-6-7-9-8-10-11-12-9/h8H,2-7H2,1H3,(H,10,11). The van der Waals surface area contributed by atoms with Crippen LogP contribution >= 0.6 is 8.35 Å². The topological polar surface area (TPSA) is 28.7 Å². The zero-order valence-electron chi connectivity index (χ0n) is 7.71. The highest BCUT2D eigenvalue weighted by Gasteiger charge is 1.94. The highest BCUT2D eigenvalue weighted by atomic mass is 31.0. The lowest BCUT2D eigenvalue weighted by Crippen LogP contribution is -1.81. The van der Waals surface area contributed by atoms with Crippen LogP contribution in [0.25, 0.3) is 0 Å². The first-order chi connectivity index (χ1) is 5.93. The summed E-state index contributed by atoms with van der Waals surface area (Å²) in [6.45, 7) is 2.25. The third-order valence-electron chi connectivity index (χ3n) is 2.00. The molecule has 0 aliphatic heterocycles. The Balaban J connectivity index is 1.96. The summed E-state index contributed by atoms with van der Waals surface area (Å²) in [5.41, 5.74) is 0. The number of nitrogens with one attached hydrogen (secondary N) is 1. The van der Waals surface area contributed by atoms with Crippen LogP contribution in [0.3, 0.4) is 0 Å². The van der Waals surface area contributed by atoms with Crippen molar-refractivity contribution in [2.24, 2.45) is 0 Å². The maximum Gasteiger partial charge on any atom is 0.0657 e. The van der Waals surface area contributed by atoms with Crippen LogP contribution in [0.2, 0.25) is 0 Å². The fourth-order valence-corrected chi connectivity index (χ4v) is 1.87. The fourth-order valence-electron chi connectivity index (χ4n) is 1.26. The molecule has 0 aliphatic rings. The van der Waals surface area contributed by atoms with Crippen molar-refractivity contribution in [1.82, 2.24) is 9.96 Å². The summed E-state index contributed by atoms with van der Waals surface area (Å²) in [7, 11) is 1.13. The molecule has 0 fully saturated rings. The van der Waals surface area contributed by atoms with Crippen LogP contribution in [0.4, 0.5) is 0 Å². The van der Waals surface area contributed by atoms with Crippen molar-refractivity contribution in [3.63, 3.8) is 0 Å². The molecule has 0 bridgehead atoms. The van der Waals surface area contributed by atoms with E-state index in [2.05, 4.69) is 16.9 Å². The molecule has 0 unspecified atom stereocenters.